The third-order valence-corrected chi connectivity index (χ3v) is 11.1. The van der Waals surface area contributed by atoms with Gasteiger partial charge in [-0.2, -0.15) is 0 Å². The molecule has 10 atom stereocenters. The number of aldehydes is 1. The summed E-state index contributed by atoms with van der Waals surface area (Å²) in [6, 6.07) is 0. The molecule has 4 aliphatic carbocycles. The number of carboxylic acid groups (broad SMARTS) is 1. The summed E-state index contributed by atoms with van der Waals surface area (Å²) in [6.45, 7) is 14.9. The largest absolute Gasteiger partial charge is 0.481 e. The van der Waals surface area contributed by atoms with Crippen LogP contribution in [0.4, 0.5) is 0 Å². The van der Waals surface area contributed by atoms with Gasteiger partial charge in [-0.15, -0.1) is 5.73 Å². The van der Waals surface area contributed by atoms with E-state index in [1.54, 1.807) is 0 Å². The fraction of sp³-hybridized carbons (Fsp3) is 0.828. The molecule has 4 saturated carbocycles. The zero-order valence-electron chi connectivity index (χ0n) is 21.9. The van der Waals surface area contributed by atoms with E-state index in [-0.39, 0.29) is 29.8 Å². The van der Waals surface area contributed by atoms with E-state index in [0.717, 1.165) is 45.1 Å². The number of carbonyl (C=O) groups is 2. The molecular formula is C29H43NO5. The zero-order valence-corrected chi connectivity index (χ0v) is 21.9. The monoisotopic (exact) mass is 485 g/mol. The van der Waals surface area contributed by atoms with Crippen LogP contribution in [-0.4, -0.2) is 60.9 Å². The van der Waals surface area contributed by atoms with Gasteiger partial charge in [-0.3, -0.25) is 9.69 Å². The molecule has 5 rings (SSSR count). The molecule has 1 N–H and O–H groups in total. The van der Waals surface area contributed by atoms with Crippen LogP contribution in [0.5, 0.6) is 0 Å². The summed E-state index contributed by atoms with van der Waals surface area (Å²) >= 11 is 0. The molecule has 35 heavy (non-hydrogen) atoms. The van der Waals surface area contributed by atoms with Crippen molar-refractivity contribution in [1.29, 1.82) is 0 Å². The molecule has 5 aliphatic rings. The maximum Gasteiger partial charge on any atom is 0.311 e. The van der Waals surface area contributed by atoms with E-state index >= 15 is 0 Å². The quantitative estimate of drug-likeness (QED) is 0.406. The highest BCUT2D eigenvalue weighted by molar-refractivity contribution is 5.86. The summed E-state index contributed by atoms with van der Waals surface area (Å²) < 4.78 is 12.8. The third-order valence-electron chi connectivity index (χ3n) is 11.1. The minimum Gasteiger partial charge on any atom is -0.481 e. The van der Waals surface area contributed by atoms with E-state index in [9.17, 15) is 14.7 Å². The van der Waals surface area contributed by atoms with E-state index in [2.05, 4.69) is 38.0 Å². The molecule has 1 heterocycles. The first kappa shape index (κ1) is 25.2. The predicted octanol–water partition coefficient (Wildman–Crippen LogP) is 4.40. The maximum atomic E-state index is 13.6. The number of fused-ring (bicyclic) bond motifs is 2. The number of hydrogen-bond acceptors (Lipinski definition) is 5. The molecule has 6 heteroatoms. The Bertz CT molecular complexity index is 913. The topological polar surface area (TPSA) is 76.1 Å². The molecule has 0 aromatic carbocycles. The first-order chi connectivity index (χ1) is 16.7. The number of morpholine rings is 1. The van der Waals surface area contributed by atoms with Crippen LogP contribution in [0.3, 0.4) is 0 Å². The standard InChI is InChI=1S/C29H43NO5/c1-6-7-10-30-14-20(5)35-25(15-30)34-17-28-13-22-19(4)8-9-23(22)27(16-31)12-21(28)11-24(18(2)3)29(27,28)26(32)33/h7,16,18-25H,1,8-15,17H2,2-5H3,(H,32,33)/t19-,20-,21+,22-,23-,24?,25-,27+,28+,29+/m1/s1. The van der Waals surface area contributed by atoms with Gasteiger partial charge in [-0.05, 0) is 74.2 Å². The maximum absolute atomic E-state index is 13.6. The van der Waals surface area contributed by atoms with Gasteiger partial charge in [0.15, 0.2) is 6.29 Å². The Labute approximate surface area is 210 Å². The second-order valence-corrected chi connectivity index (χ2v) is 12.8. The summed E-state index contributed by atoms with van der Waals surface area (Å²) in [6.07, 6.45) is 7.17. The van der Waals surface area contributed by atoms with Gasteiger partial charge >= 0.3 is 5.97 Å². The predicted molar refractivity (Wildman–Crippen MR) is 132 cm³/mol. The molecule has 0 aromatic rings. The smallest absolute Gasteiger partial charge is 0.311 e. The van der Waals surface area contributed by atoms with E-state index in [1.807, 2.05) is 13.0 Å². The zero-order chi connectivity index (χ0) is 25.2. The Morgan fingerprint density at radius 1 is 1.29 bits per heavy atom. The highest BCUT2D eigenvalue weighted by Gasteiger charge is 2.86. The van der Waals surface area contributed by atoms with Crippen molar-refractivity contribution in [3.05, 3.63) is 18.4 Å². The van der Waals surface area contributed by atoms with Gasteiger partial charge in [0.25, 0.3) is 0 Å². The molecule has 0 amide bonds. The Hall–Kier alpha value is -1.46. The molecule has 1 unspecified atom stereocenters. The number of carbonyl (C=O) groups excluding carboxylic acids is 1. The van der Waals surface area contributed by atoms with Crippen molar-refractivity contribution in [3.8, 4) is 0 Å². The lowest BCUT2D eigenvalue weighted by Crippen LogP contribution is -2.65. The molecular weight excluding hydrogens is 442 g/mol. The van der Waals surface area contributed by atoms with Crippen molar-refractivity contribution in [2.24, 2.45) is 51.8 Å². The lowest BCUT2D eigenvalue weighted by Gasteiger charge is -2.59. The molecule has 1 saturated heterocycles. The lowest BCUT2D eigenvalue weighted by atomic mass is 9.42. The number of nitrogens with zero attached hydrogens (tertiary/aromatic N) is 1. The van der Waals surface area contributed by atoms with Crippen molar-refractivity contribution in [1.82, 2.24) is 4.90 Å². The van der Waals surface area contributed by atoms with Crippen LogP contribution in [0.1, 0.15) is 59.8 Å². The molecule has 5 fully saturated rings. The molecule has 0 spiro atoms. The van der Waals surface area contributed by atoms with Crippen LogP contribution in [0.15, 0.2) is 18.4 Å². The van der Waals surface area contributed by atoms with Gasteiger partial charge in [0, 0.05) is 30.5 Å². The van der Waals surface area contributed by atoms with Gasteiger partial charge in [-0.1, -0.05) is 33.8 Å². The van der Waals surface area contributed by atoms with Crippen LogP contribution in [0.2, 0.25) is 0 Å². The fourth-order valence-corrected chi connectivity index (χ4v) is 10.0. The van der Waals surface area contributed by atoms with Crippen LogP contribution in [0, 0.1) is 51.8 Å². The minimum absolute atomic E-state index is 0.00942. The van der Waals surface area contributed by atoms with E-state index in [0.29, 0.717) is 31.4 Å². The Kier molecular flexibility index (Phi) is 6.36. The summed E-state index contributed by atoms with van der Waals surface area (Å²) in [5.74, 6) is 0.732. The Morgan fingerprint density at radius 3 is 2.71 bits per heavy atom. The van der Waals surface area contributed by atoms with E-state index < -0.39 is 28.5 Å². The van der Waals surface area contributed by atoms with Gasteiger partial charge in [0.1, 0.15) is 6.29 Å². The number of aliphatic carboxylic acids is 1. The highest BCUT2D eigenvalue weighted by Crippen LogP contribution is 2.84. The van der Waals surface area contributed by atoms with Crippen molar-refractivity contribution in [3.63, 3.8) is 0 Å². The lowest BCUT2D eigenvalue weighted by molar-refractivity contribution is -0.242. The number of carboxylic acids is 1. The van der Waals surface area contributed by atoms with Crippen LogP contribution in [0.25, 0.3) is 0 Å². The minimum atomic E-state index is -1.06. The van der Waals surface area contributed by atoms with E-state index in [4.69, 9.17) is 9.47 Å². The molecule has 194 valence electrons. The first-order valence-corrected chi connectivity index (χ1v) is 13.7. The number of ether oxygens (including phenoxy) is 2. The summed E-state index contributed by atoms with van der Waals surface area (Å²) in [5, 5.41) is 11.1. The van der Waals surface area contributed by atoms with Crippen LogP contribution >= 0.6 is 0 Å². The van der Waals surface area contributed by atoms with Gasteiger partial charge < -0.3 is 19.4 Å². The SMILES string of the molecule is C=C=CCN1C[C@H](OC[C@@]23C[C@@H]4[C@H](C)CC[C@H]4[C@@]4(C=O)C[C@@H]2CC(C(C)C)[C@@]34C(=O)O)O[C@H](C)C1. The molecule has 4 bridgehead atoms. The van der Waals surface area contributed by atoms with E-state index in [1.165, 1.54) is 0 Å². The average molecular weight is 486 g/mol. The normalized spacial score (nSPS) is 48.5. The summed E-state index contributed by atoms with van der Waals surface area (Å²) in [4.78, 5) is 29.0. The van der Waals surface area contributed by atoms with Crippen molar-refractivity contribution in [2.75, 3.05) is 26.2 Å². The number of rotatable bonds is 8. The van der Waals surface area contributed by atoms with Crippen molar-refractivity contribution < 1.29 is 24.2 Å². The van der Waals surface area contributed by atoms with Crippen molar-refractivity contribution in [2.45, 2.75) is 72.2 Å². The van der Waals surface area contributed by atoms with Gasteiger partial charge in [0.05, 0.1) is 18.1 Å². The second kappa shape index (κ2) is 8.83. The van der Waals surface area contributed by atoms with Crippen LogP contribution in [-0.2, 0) is 19.1 Å². The Balaban J connectivity index is 1.52. The van der Waals surface area contributed by atoms with Gasteiger partial charge in [-0.25, -0.2) is 0 Å². The Morgan fingerprint density at radius 2 is 2.06 bits per heavy atom. The number of hydrogen-bond donors (Lipinski definition) is 1. The summed E-state index contributed by atoms with van der Waals surface area (Å²) in [5.41, 5.74) is 0.477. The van der Waals surface area contributed by atoms with Crippen molar-refractivity contribution >= 4 is 12.3 Å². The highest BCUT2D eigenvalue weighted by atomic mass is 16.7. The molecule has 0 radical (unpaired) electrons. The first-order valence-electron chi connectivity index (χ1n) is 13.7. The average Bonchev–Trinajstić information content (AvgIpc) is 3.38. The molecule has 0 aromatic heterocycles. The molecule has 1 aliphatic heterocycles. The van der Waals surface area contributed by atoms with Gasteiger partial charge in [0.2, 0.25) is 0 Å². The molecule has 6 nitrogen and oxygen atoms in total. The fourth-order valence-electron chi connectivity index (χ4n) is 10.0. The third kappa shape index (κ3) is 3.26. The van der Waals surface area contributed by atoms with Crippen LogP contribution < -0.4 is 0 Å². The summed E-state index contributed by atoms with van der Waals surface area (Å²) in [7, 11) is 0. The second-order valence-electron chi connectivity index (χ2n) is 12.8.